The molecule has 1 atom stereocenters. The molecule has 1 aromatic rings. The molecule has 6 heteroatoms. The van der Waals surface area contributed by atoms with E-state index in [4.69, 9.17) is 5.26 Å². The quantitative estimate of drug-likeness (QED) is 0.768. The minimum atomic E-state index is -0.623. The van der Waals surface area contributed by atoms with Crippen molar-refractivity contribution in [2.45, 2.75) is 31.8 Å². The summed E-state index contributed by atoms with van der Waals surface area (Å²) in [4.78, 5) is 37.3. The monoisotopic (exact) mass is 283 g/mol. The first-order valence-corrected chi connectivity index (χ1v) is 6.78. The molecule has 2 aliphatic heterocycles. The zero-order valence-corrected chi connectivity index (χ0v) is 11.3. The first kappa shape index (κ1) is 13.3. The fraction of sp³-hybridized carbons (Fsp3) is 0.333. The molecular formula is C15H13N3O3. The van der Waals surface area contributed by atoms with E-state index in [1.165, 1.54) is 4.90 Å². The maximum absolute atomic E-state index is 12.4. The topological polar surface area (TPSA) is 90.3 Å². The van der Waals surface area contributed by atoms with Crippen molar-refractivity contribution in [3.05, 3.63) is 34.9 Å². The van der Waals surface area contributed by atoms with Crippen LogP contribution in [0.2, 0.25) is 0 Å². The molecule has 1 fully saturated rings. The van der Waals surface area contributed by atoms with Gasteiger partial charge < -0.3 is 4.90 Å². The van der Waals surface area contributed by atoms with Gasteiger partial charge in [-0.1, -0.05) is 0 Å². The Morgan fingerprint density at radius 1 is 1.29 bits per heavy atom. The standard InChI is InChI=1S/C15H13N3O3/c16-7-9-4-5-11-10(6-9)8-18(15(11)21)12-2-1-3-13(19)17-14(12)20/h4-6,12H,1-3,8H2,(H,17,19,20)/t12-/m0/s1. The largest absolute Gasteiger partial charge is 0.322 e. The van der Waals surface area contributed by atoms with Crippen molar-refractivity contribution in [2.24, 2.45) is 0 Å². The lowest BCUT2D eigenvalue weighted by Crippen LogP contribution is -2.46. The van der Waals surface area contributed by atoms with Crippen LogP contribution < -0.4 is 5.32 Å². The van der Waals surface area contributed by atoms with Crippen LogP contribution in [0.25, 0.3) is 0 Å². The molecule has 0 aliphatic carbocycles. The predicted molar refractivity (Wildman–Crippen MR) is 71.8 cm³/mol. The number of amides is 3. The van der Waals surface area contributed by atoms with Gasteiger partial charge in [0, 0.05) is 18.5 Å². The SMILES string of the molecule is N#Cc1ccc2c(c1)CN([C@H]1CCCC(=O)NC1=O)C2=O. The van der Waals surface area contributed by atoms with E-state index in [1.807, 2.05) is 6.07 Å². The van der Waals surface area contributed by atoms with Crippen LogP contribution in [-0.4, -0.2) is 28.7 Å². The summed E-state index contributed by atoms with van der Waals surface area (Å²) in [6.45, 7) is 0.302. The van der Waals surface area contributed by atoms with Crippen LogP contribution in [0.4, 0.5) is 0 Å². The Bertz CT molecular complexity index is 690. The van der Waals surface area contributed by atoms with Gasteiger partial charge in [0.05, 0.1) is 11.6 Å². The molecule has 2 aliphatic rings. The highest BCUT2D eigenvalue weighted by Gasteiger charge is 2.37. The fourth-order valence-electron chi connectivity index (χ4n) is 2.83. The summed E-state index contributed by atoms with van der Waals surface area (Å²) in [5.41, 5.74) is 1.77. The minimum absolute atomic E-state index is 0.219. The number of carbonyl (C=O) groups is 3. The molecule has 3 rings (SSSR count). The molecule has 1 saturated heterocycles. The molecule has 1 aromatic carbocycles. The first-order chi connectivity index (χ1) is 10.1. The van der Waals surface area contributed by atoms with Crippen molar-refractivity contribution in [1.82, 2.24) is 10.2 Å². The molecule has 3 amide bonds. The van der Waals surface area contributed by atoms with Gasteiger partial charge in [-0.15, -0.1) is 0 Å². The van der Waals surface area contributed by atoms with Crippen molar-refractivity contribution in [2.75, 3.05) is 0 Å². The molecule has 0 saturated carbocycles. The van der Waals surface area contributed by atoms with E-state index < -0.39 is 11.9 Å². The van der Waals surface area contributed by atoms with Crippen LogP contribution in [0.3, 0.4) is 0 Å². The Kier molecular flexibility index (Phi) is 3.18. The molecule has 0 aromatic heterocycles. The summed E-state index contributed by atoms with van der Waals surface area (Å²) in [6.07, 6.45) is 1.35. The minimum Gasteiger partial charge on any atom is -0.322 e. The van der Waals surface area contributed by atoms with E-state index in [0.29, 0.717) is 36.9 Å². The number of hydrogen-bond acceptors (Lipinski definition) is 4. The number of nitrogens with one attached hydrogen (secondary N) is 1. The second-order valence-electron chi connectivity index (χ2n) is 5.24. The third kappa shape index (κ3) is 2.27. The molecule has 6 nitrogen and oxygen atoms in total. The Labute approximate surface area is 121 Å². The molecule has 0 unspecified atom stereocenters. The third-order valence-corrected chi connectivity index (χ3v) is 3.89. The smallest absolute Gasteiger partial charge is 0.255 e. The number of imide groups is 1. The van der Waals surface area contributed by atoms with Crippen molar-refractivity contribution < 1.29 is 14.4 Å². The Hall–Kier alpha value is -2.68. The van der Waals surface area contributed by atoms with Crippen LogP contribution in [0, 0.1) is 11.3 Å². The van der Waals surface area contributed by atoms with Gasteiger partial charge in [0.1, 0.15) is 6.04 Å². The summed E-state index contributed by atoms with van der Waals surface area (Å²) < 4.78 is 0. The zero-order chi connectivity index (χ0) is 15.0. The number of nitriles is 1. The normalized spacial score (nSPS) is 21.6. The molecule has 0 spiro atoms. The average molecular weight is 283 g/mol. The van der Waals surface area contributed by atoms with Crippen molar-refractivity contribution in [3.8, 4) is 6.07 Å². The molecule has 106 valence electrons. The van der Waals surface area contributed by atoms with Crippen LogP contribution in [-0.2, 0) is 16.1 Å². The van der Waals surface area contributed by atoms with Gasteiger partial charge in [-0.05, 0) is 36.6 Å². The van der Waals surface area contributed by atoms with Crippen molar-refractivity contribution in [3.63, 3.8) is 0 Å². The number of fused-ring (bicyclic) bond motifs is 1. The number of hydrogen-bond donors (Lipinski definition) is 1. The highest BCUT2D eigenvalue weighted by atomic mass is 16.2. The highest BCUT2D eigenvalue weighted by Crippen LogP contribution is 2.27. The second-order valence-corrected chi connectivity index (χ2v) is 5.24. The third-order valence-electron chi connectivity index (χ3n) is 3.89. The van der Waals surface area contributed by atoms with E-state index in [1.54, 1.807) is 18.2 Å². The van der Waals surface area contributed by atoms with E-state index in [-0.39, 0.29) is 11.8 Å². The van der Waals surface area contributed by atoms with Gasteiger partial charge >= 0.3 is 0 Å². The lowest BCUT2D eigenvalue weighted by molar-refractivity contribution is -0.132. The van der Waals surface area contributed by atoms with E-state index >= 15 is 0 Å². The van der Waals surface area contributed by atoms with Gasteiger partial charge in [-0.25, -0.2) is 0 Å². The van der Waals surface area contributed by atoms with Gasteiger partial charge in [0.2, 0.25) is 11.8 Å². The lowest BCUT2D eigenvalue weighted by atomic mass is 10.1. The summed E-state index contributed by atoms with van der Waals surface area (Å²) in [5.74, 6) is -0.929. The fourth-order valence-corrected chi connectivity index (χ4v) is 2.83. The molecule has 2 heterocycles. The molecular weight excluding hydrogens is 270 g/mol. The summed E-state index contributed by atoms with van der Waals surface area (Å²) in [5, 5.41) is 11.2. The zero-order valence-electron chi connectivity index (χ0n) is 11.3. The Balaban J connectivity index is 1.88. The van der Waals surface area contributed by atoms with Crippen LogP contribution >= 0.6 is 0 Å². The van der Waals surface area contributed by atoms with Gasteiger partial charge in [-0.2, -0.15) is 5.26 Å². The van der Waals surface area contributed by atoms with Crippen LogP contribution in [0.1, 0.15) is 40.7 Å². The van der Waals surface area contributed by atoms with E-state index in [2.05, 4.69) is 5.32 Å². The molecule has 0 radical (unpaired) electrons. The number of rotatable bonds is 1. The van der Waals surface area contributed by atoms with Crippen molar-refractivity contribution >= 4 is 17.7 Å². The molecule has 1 N–H and O–H groups in total. The van der Waals surface area contributed by atoms with Gasteiger partial charge in [0.25, 0.3) is 5.91 Å². The van der Waals surface area contributed by atoms with E-state index in [9.17, 15) is 14.4 Å². The Morgan fingerprint density at radius 2 is 2.10 bits per heavy atom. The van der Waals surface area contributed by atoms with Crippen LogP contribution in [0.15, 0.2) is 18.2 Å². The summed E-state index contributed by atoms with van der Waals surface area (Å²) >= 11 is 0. The second kappa shape index (κ2) is 5.02. The highest BCUT2D eigenvalue weighted by molar-refractivity contribution is 6.04. The number of benzene rings is 1. The summed E-state index contributed by atoms with van der Waals surface area (Å²) in [6, 6.07) is 6.30. The molecule has 0 bridgehead atoms. The van der Waals surface area contributed by atoms with E-state index in [0.717, 1.165) is 5.56 Å². The Morgan fingerprint density at radius 3 is 2.86 bits per heavy atom. The molecule has 21 heavy (non-hydrogen) atoms. The predicted octanol–water partition coefficient (Wildman–Crippen LogP) is 0.709. The van der Waals surface area contributed by atoms with Crippen molar-refractivity contribution in [1.29, 1.82) is 5.26 Å². The van der Waals surface area contributed by atoms with Gasteiger partial charge in [-0.3, -0.25) is 19.7 Å². The first-order valence-electron chi connectivity index (χ1n) is 6.78. The lowest BCUT2D eigenvalue weighted by Gasteiger charge is -2.24. The number of nitrogens with zero attached hydrogens (tertiary/aromatic N) is 2. The van der Waals surface area contributed by atoms with Gasteiger partial charge in [0.15, 0.2) is 0 Å². The maximum Gasteiger partial charge on any atom is 0.255 e. The number of carbonyl (C=O) groups excluding carboxylic acids is 3. The average Bonchev–Trinajstić information content (AvgIpc) is 2.69. The maximum atomic E-state index is 12.4. The van der Waals surface area contributed by atoms with Crippen LogP contribution in [0.5, 0.6) is 0 Å². The summed E-state index contributed by atoms with van der Waals surface area (Å²) in [7, 11) is 0.